The Bertz CT molecular complexity index is 1030. The van der Waals surface area contributed by atoms with Crippen LogP contribution >= 0.6 is 0 Å². The van der Waals surface area contributed by atoms with Crippen molar-refractivity contribution in [1.29, 1.82) is 0 Å². The van der Waals surface area contributed by atoms with Crippen molar-refractivity contribution in [3.05, 3.63) is 66.2 Å². The van der Waals surface area contributed by atoms with E-state index in [1.54, 1.807) is 29.2 Å². The van der Waals surface area contributed by atoms with Crippen LogP contribution in [0.15, 0.2) is 60.7 Å². The van der Waals surface area contributed by atoms with E-state index in [9.17, 15) is 18.0 Å². The van der Waals surface area contributed by atoms with Gasteiger partial charge in [-0.25, -0.2) is 8.42 Å². The molecule has 0 aromatic heterocycles. The minimum Gasteiger partial charge on any atom is -0.350 e. The average molecular weight is 488 g/mol. The van der Waals surface area contributed by atoms with Crippen LogP contribution in [0.1, 0.15) is 52.5 Å². The minimum atomic E-state index is -3.50. The van der Waals surface area contributed by atoms with Crippen LogP contribution in [0.25, 0.3) is 0 Å². The summed E-state index contributed by atoms with van der Waals surface area (Å²) in [5.74, 6) is -0.373. The van der Waals surface area contributed by atoms with Crippen LogP contribution in [0.3, 0.4) is 0 Å². The first-order chi connectivity index (χ1) is 15.9. The van der Waals surface area contributed by atoms with Gasteiger partial charge in [-0.2, -0.15) is 0 Å². The first-order valence-electron chi connectivity index (χ1n) is 11.6. The number of hydrogen-bond donors (Lipinski definition) is 1. The smallest absolute Gasteiger partial charge is 0.243 e. The molecule has 0 fully saturated rings. The molecule has 0 bridgehead atoms. The highest BCUT2D eigenvalue weighted by Crippen LogP contribution is 2.19. The highest BCUT2D eigenvalue weighted by atomic mass is 32.2. The Kier molecular flexibility index (Phi) is 9.67. The first-order valence-corrected chi connectivity index (χ1v) is 13.5. The predicted octanol–water partition coefficient (Wildman–Crippen LogP) is 3.95. The fourth-order valence-electron chi connectivity index (χ4n) is 3.75. The van der Waals surface area contributed by atoms with Crippen LogP contribution in [0.4, 0.5) is 5.69 Å². The van der Waals surface area contributed by atoms with Crippen LogP contribution < -0.4 is 9.62 Å². The molecule has 1 N–H and O–H groups in total. The van der Waals surface area contributed by atoms with Crippen molar-refractivity contribution < 1.29 is 18.0 Å². The molecule has 1 atom stereocenters. The third-order valence-electron chi connectivity index (χ3n) is 5.28. The van der Waals surface area contributed by atoms with E-state index in [1.807, 2.05) is 64.1 Å². The van der Waals surface area contributed by atoms with E-state index in [2.05, 4.69) is 5.32 Å². The van der Waals surface area contributed by atoms with Crippen molar-refractivity contribution >= 4 is 27.5 Å². The number of carbonyl (C=O) groups is 2. The van der Waals surface area contributed by atoms with Gasteiger partial charge in [-0.05, 0) is 51.3 Å². The van der Waals surface area contributed by atoms with E-state index in [4.69, 9.17) is 0 Å². The summed E-state index contributed by atoms with van der Waals surface area (Å²) < 4.78 is 26.0. The zero-order valence-corrected chi connectivity index (χ0v) is 21.6. The molecule has 2 amide bonds. The number of amides is 2. The Morgan fingerprint density at radius 3 is 2.03 bits per heavy atom. The monoisotopic (exact) mass is 487 g/mol. The quantitative estimate of drug-likeness (QED) is 0.520. The number of sulfonamides is 1. The summed E-state index contributed by atoms with van der Waals surface area (Å²) in [5.41, 5.74) is 1.08. The molecule has 0 aliphatic heterocycles. The molecule has 0 aliphatic carbocycles. The van der Waals surface area contributed by atoms with Gasteiger partial charge >= 0.3 is 0 Å². The second-order valence-electron chi connectivity index (χ2n) is 9.44. The zero-order chi connectivity index (χ0) is 25.4. The van der Waals surface area contributed by atoms with Crippen LogP contribution in [-0.2, 0) is 26.2 Å². The predicted molar refractivity (Wildman–Crippen MR) is 137 cm³/mol. The second kappa shape index (κ2) is 12.0. The number of hydrogen-bond acceptors (Lipinski definition) is 4. The molecule has 2 aromatic rings. The zero-order valence-electron chi connectivity index (χ0n) is 20.8. The molecule has 8 heteroatoms. The Labute approximate surface area is 204 Å². The summed E-state index contributed by atoms with van der Waals surface area (Å²) in [6.07, 6.45) is 2.10. The number of nitrogens with one attached hydrogen (secondary N) is 1. The molecule has 2 aromatic carbocycles. The maximum atomic E-state index is 13.4. The van der Waals surface area contributed by atoms with E-state index >= 15 is 0 Å². The summed E-state index contributed by atoms with van der Waals surface area (Å²) >= 11 is 0. The molecule has 0 aliphatic rings. The van der Waals surface area contributed by atoms with Gasteiger partial charge in [0.25, 0.3) is 0 Å². The molecule has 34 heavy (non-hydrogen) atoms. The number of carbonyl (C=O) groups excluding carboxylic acids is 2. The topological polar surface area (TPSA) is 86.8 Å². The van der Waals surface area contributed by atoms with E-state index < -0.39 is 21.6 Å². The van der Waals surface area contributed by atoms with E-state index in [1.165, 1.54) is 4.31 Å². The van der Waals surface area contributed by atoms with Crippen molar-refractivity contribution in [2.75, 3.05) is 17.1 Å². The van der Waals surface area contributed by atoms with E-state index in [-0.39, 0.29) is 24.8 Å². The van der Waals surface area contributed by atoms with Gasteiger partial charge in [-0.3, -0.25) is 13.9 Å². The number of benzene rings is 2. The fourth-order valence-corrected chi connectivity index (χ4v) is 4.72. The Morgan fingerprint density at radius 1 is 0.971 bits per heavy atom. The van der Waals surface area contributed by atoms with Gasteiger partial charge in [0.15, 0.2) is 0 Å². The average Bonchev–Trinajstić information content (AvgIpc) is 2.75. The Hall–Kier alpha value is -2.87. The lowest BCUT2D eigenvalue weighted by Crippen LogP contribution is -2.53. The van der Waals surface area contributed by atoms with Crippen molar-refractivity contribution in [2.24, 2.45) is 0 Å². The van der Waals surface area contributed by atoms with Crippen molar-refractivity contribution in [3.63, 3.8) is 0 Å². The lowest BCUT2D eigenvalue weighted by Gasteiger charge is -2.33. The molecule has 0 radical (unpaired) electrons. The lowest BCUT2D eigenvalue weighted by atomic mass is 10.0. The van der Waals surface area contributed by atoms with Gasteiger partial charge in [-0.15, -0.1) is 0 Å². The standard InChI is InChI=1S/C26H37N3O4S/c1-6-23(25(31)27-26(2,3)4)28(20-21-14-9-7-10-15-21)24(30)18-13-19-29(34(5,32)33)22-16-11-8-12-17-22/h7-12,14-17,23H,6,13,18-20H2,1-5H3,(H,27,31). The number of rotatable bonds is 11. The van der Waals surface area contributed by atoms with Crippen molar-refractivity contribution in [2.45, 2.75) is 65.1 Å². The maximum Gasteiger partial charge on any atom is 0.243 e. The third kappa shape index (κ3) is 8.48. The highest BCUT2D eigenvalue weighted by molar-refractivity contribution is 7.92. The lowest BCUT2D eigenvalue weighted by molar-refractivity contribution is -0.142. The molecule has 0 heterocycles. The van der Waals surface area contributed by atoms with Gasteiger partial charge in [0.05, 0.1) is 11.9 Å². The van der Waals surface area contributed by atoms with Gasteiger partial charge in [0.1, 0.15) is 6.04 Å². The molecule has 1 unspecified atom stereocenters. The molecule has 186 valence electrons. The van der Waals surface area contributed by atoms with Crippen LogP contribution in [0.2, 0.25) is 0 Å². The molecular weight excluding hydrogens is 450 g/mol. The first kappa shape index (κ1) is 27.4. The van der Waals surface area contributed by atoms with Crippen molar-refractivity contribution in [3.8, 4) is 0 Å². The molecule has 0 saturated carbocycles. The largest absolute Gasteiger partial charge is 0.350 e. The van der Waals surface area contributed by atoms with Gasteiger partial charge in [-0.1, -0.05) is 55.5 Å². The Morgan fingerprint density at radius 2 is 1.53 bits per heavy atom. The molecule has 2 rings (SSSR count). The van der Waals surface area contributed by atoms with Gasteiger partial charge in [0.2, 0.25) is 21.8 Å². The third-order valence-corrected chi connectivity index (χ3v) is 6.47. The molecule has 7 nitrogen and oxygen atoms in total. The maximum absolute atomic E-state index is 13.4. The molecular formula is C26H37N3O4S. The Balaban J connectivity index is 2.19. The number of nitrogens with zero attached hydrogens (tertiary/aromatic N) is 2. The van der Waals surface area contributed by atoms with Gasteiger partial charge in [0, 0.05) is 25.0 Å². The van der Waals surface area contributed by atoms with E-state index in [0.717, 1.165) is 11.8 Å². The molecule has 0 saturated heterocycles. The number of para-hydroxylation sites is 1. The van der Waals surface area contributed by atoms with Gasteiger partial charge < -0.3 is 10.2 Å². The summed E-state index contributed by atoms with van der Waals surface area (Å²) in [4.78, 5) is 28.0. The van der Waals surface area contributed by atoms with Crippen molar-refractivity contribution in [1.82, 2.24) is 10.2 Å². The molecule has 0 spiro atoms. The number of anilines is 1. The summed E-state index contributed by atoms with van der Waals surface area (Å²) in [6.45, 7) is 8.10. The fraction of sp³-hybridized carbons (Fsp3) is 0.462. The van der Waals surface area contributed by atoms with Crippen LogP contribution in [0.5, 0.6) is 0 Å². The summed E-state index contributed by atoms with van der Waals surface area (Å²) in [5, 5.41) is 2.99. The van der Waals surface area contributed by atoms with E-state index in [0.29, 0.717) is 25.1 Å². The highest BCUT2D eigenvalue weighted by Gasteiger charge is 2.30. The minimum absolute atomic E-state index is 0.130. The normalized spacial score (nSPS) is 12.6. The van der Waals surface area contributed by atoms with Crippen LogP contribution in [0, 0.1) is 0 Å². The summed E-state index contributed by atoms with van der Waals surface area (Å²) in [7, 11) is -3.50. The second-order valence-corrected chi connectivity index (χ2v) is 11.4. The van der Waals surface area contributed by atoms with Crippen LogP contribution in [-0.4, -0.2) is 49.5 Å². The SMILES string of the molecule is CCC(C(=O)NC(C)(C)C)N(Cc1ccccc1)C(=O)CCCN(c1ccccc1)S(C)(=O)=O. The summed E-state index contributed by atoms with van der Waals surface area (Å²) in [6, 6.07) is 17.8.